The van der Waals surface area contributed by atoms with Crippen LogP contribution in [0, 0.1) is 0 Å². The van der Waals surface area contributed by atoms with E-state index in [2.05, 4.69) is 167 Å². The van der Waals surface area contributed by atoms with E-state index in [-0.39, 0.29) is 37.5 Å². The zero-order chi connectivity index (χ0) is 49.3. The lowest BCUT2D eigenvalue weighted by Gasteiger charge is -2.18. The fourth-order valence-electron chi connectivity index (χ4n) is 6.63. The maximum atomic E-state index is 12.7. The Morgan fingerprint density at radius 3 is 0.941 bits per heavy atom. The van der Waals surface area contributed by atoms with E-state index >= 15 is 0 Å². The molecule has 6 nitrogen and oxygen atoms in total. The Kier molecular flexibility index (Phi) is 51.1. The van der Waals surface area contributed by atoms with Crippen molar-refractivity contribution in [1.82, 2.24) is 0 Å². The Labute approximate surface area is 417 Å². The second kappa shape index (κ2) is 54.9. The highest BCUT2D eigenvalue weighted by atomic mass is 16.6. The Hall–Kier alpha value is -4.71. The molecule has 0 spiro atoms. The molecular weight excluding hydrogens is 841 g/mol. The molecule has 0 aromatic rings. The minimum atomic E-state index is -0.818. The van der Waals surface area contributed by atoms with Gasteiger partial charge in [0.25, 0.3) is 0 Å². The molecule has 0 amide bonds. The van der Waals surface area contributed by atoms with Gasteiger partial charge in [-0.05, 0) is 116 Å². The van der Waals surface area contributed by atoms with Gasteiger partial charge in [0.05, 0.1) is 0 Å². The van der Waals surface area contributed by atoms with E-state index in [0.29, 0.717) is 19.3 Å². The van der Waals surface area contributed by atoms with Crippen molar-refractivity contribution < 1.29 is 28.6 Å². The van der Waals surface area contributed by atoms with E-state index < -0.39 is 6.10 Å². The van der Waals surface area contributed by atoms with Gasteiger partial charge in [-0.3, -0.25) is 14.4 Å². The maximum Gasteiger partial charge on any atom is 0.306 e. The fourth-order valence-corrected chi connectivity index (χ4v) is 6.63. The van der Waals surface area contributed by atoms with E-state index in [4.69, 9.17) is 14.2 Å². The molecule has 0 aromatic carbocycles. The largest absolute Gasteiger partial charge is 0.462 e. The number of allylic oxidation sites excluding steroid dienone is 24. The first-order valence-corrected chi connectivity index (χ1v) is 26.8. The molecule has 1 atom stereocenters. The molecule has 380 valence electrons. The quantitative estimate of drug-likeness (QED) is 0.0262. The SMILES string of the molecule is CC/C=C\C/C=C\C/C=C\C/C=C\C/C=C\C/C=C\C/C=C\CCCCCCCC(=O)OCC(COC(=O)CCCCCCCC)OC(=O)CCC/C=C\C/C=C\C/C=C\C/C=C\C/C=C\CC. The molecular formula is C62H96O6. The third kappa shape index (κ3) is 52.3. The zero-order valence-corrected chi connectivity index (χ0v) is 43.3. The summed E-state index contributed by atoms with van der Waals surface area (Å²) in [5.74, 6) is -1.01. The molecule has 0 aromatic heterocycles. The molecule has 0 N–H and O–H groups in total. The van der Waals surface area contributed by atoms with Crippen LogP contribution in [0.2, 0.25) is 0 Å². The average molecular weight is 937 g/mol. The summed E-state index contributed by atoms with van der Waals surface area (Å²) in [7, 11) is 0. The number of ether oxygens (including phenoxy) is 3. The third-order valence-corrected chi connectivity index (χ3v) is 10.6. The van der Waals surface area contributed by atoms with Crippen molar-refractivity contribution in [3.8, 4) is 0 Å². The van der Waals surface area contributed by atoms with Crippen molar-refractivity contribution >= 4 is 17.9 Å². The molecule has 0 aliphatic carbocycles. The van der Waals surface area contributed by atoms with Crippen LogP contribution in [0.15, 0.2) is 146 Å². The first-order chi connectivity index (χ1) is 33.5. The van der Waals surface area contributed by atoms with Crippen molar-refractivity contribution in [2.24, 2.45) is 0 Å². The third-order valence-electron chi connectivity index (χ3n) is 10.6. The van der Waals surface area contributed by atoms with Crippen LogP contribution in [0.3, 0.4) is 0 Å². The Bertz CT molecular complexity index is 1540. The topological polar surface area (TPSA) is 78.9 Å². The zero-order valence-electron chi connectivity index (χ0n) is 43.3. The highest BCUT2D eigenvalue weighted by molar-refractivity contribution is 5.71. The van der Waals surface area contributed by atoms with Crippen LogP contribution in [-0.4, -0.2) is 37.2 Å². The van der Waals surface area contributed by atoms with Crippen LogP contribution in [0.25, 0.3) is 0 Å². The molecule has 0 saturated heterocycles. The number of unbranched alkanes of at least 4 members (excludes halogenated alkanes) is 11. The predicted octanol–water partition coefficient (Wildman–Crippen LogP) is 18.0. The lowest BCUT2D eigenvalue weighted by atomic mass is 10.1. The molecule has 68 heavy (non-hydrogen) atoms. The smallest absolute Gasteiger partial charge is 0.306 e. The van der Waals surface area contributed by atoms with Gasteiger partial charge in [0.1, 0.15) is 13.2 Å². The summed E-state index contributed by atoms with van der Waals surface area (Å²) >= 11 is 0. The van der Waals surface area contributed by atoms with E-state index in [1.165, 1.54) is 19.3 Å². The van der Waals surface area contributed by atoms with Gasteiger partial charge in [-0.1, -0.05) is 218 Å². The molecule has 0 fully saturated rings. The molecule has 0 bridgehead atoms. The predicted molar refractivity (Wildman–Crippen MR) is 292 cm³/mol. The standard InChI is InChI=1S/C62H96O6/c1-4-7-10-13-16-18-20-22-24-26-27-28-29-30-31-32-33-34-35-37-38-40-42-44-46-49-52-55-61(64)67-58-59(57-66-60(63)54-51-48-15-12-9-6-3)68-62(65)56-53-50-47-45-43-41-39-36-25-23-21-19-17-14-11-8-5-2/h7-8,10-11,16-19,22-25,27-28,30-31,33-34,37-39,41,45,47,59H,4-6,9,12-15,20-21,26,29,32,35-36,40,42-44,46,48-58H2,1-3H3/b10-7-,11-8-,18-16-,19-17-,24-22-,25-23-,28-27-,31-30-,34-33-,38-37-,41-39-,47-45-. The van der Waals surface area contributed by atoms with Gasteiger partial charge in [0, 0.05) is 19.3 Å². The Morgan fingerprint density at radius 2 is 0.588 bits per heavy atom. The van der Waals surface area contributed by atoms with Crippen molar-refractivity contribution in [2.75, 3.05) is 13.2 Å². The van der Waals surface area contributed by atoms with Gasteiger partial charge in [-0.25, -0.2) is 0 Å². The van der Waals surface area contributed by atoms with Gasteiger partial charge >= 0.3 is 17.9 Å². The summed E-state index contributed by atoms with van der Waals surface area (Å²) in [5.41, 5.74) is 0. The number of rotatable bonds is 46. The minimum absolute atomic E-state index is 0.113. The number of carbonyl (C=O) groups is 3. The van der Waals surface area contributed by atoms with Gasteiger partial charge in [-0.2, -0.15) is 0 Å². The first kappa shape index (κ1) is 63.3. The highest BCUT2D eigenvalue weighted by Gasteiger charge is 2.19. The van der Waals surface area contributed by atoms with E-state index in [1.54, 1.807) is 0 Å². The average Bonchev–Trinajstić information content (AvgIpc) is 3.34. The van der Waals surface area contributed by atoms with Crippen LogP contribution in [-0.2, 0) is 28.6 Å². The Balaban J connectivity index is 4.32. The van der Waals surface area contributed by atoms with Crippen molar-refractivity contribution in [1.29, 1.82) is 0 Å². The van der Waals surface area contributed by atoms with E-state index in [0.717, 1.165) is 141 Å². The van der Waals surface area contributed by atoms with Crippen molar-refractivity contribution in [3.63, 3.8) is 0 Å². The summed E-state index contributed by atoms with van der Waals surface area (Å²) < 4.78 is 16.6. The van der Waals surface area contributed by atoms with E-state index in [9.17, 15) is 14.4 Å². The van der Waals surface area contributed by atoms with Crippen LogP contribution >= 0.6 is 0 Å². The van der Waals surface area contributed by atoms with Gasteiger partial charge in [0.15, 0.2) is 6.10 Å². The minimum Gasteiger partial charge on any atom is -0.462 e. The Morgan fingerprint density at radius 1 is 0.309 bits per heavy atom. The van der Waals surface area contributed by atoms with Gasteiger partial charge in [0.2, 0.25) is 0 Å². The lowest BCUT2D eigenvalue weighted by Crippen LogP contribution is -2.30. The van der Waals surface area contributed by atoms with Crippen LogP contribution in [0.1, 0.15) is 207 Å². The highest BCUT2D eigenvalue weighted by Crippen LogP contribution is 2.12. The molecule has 0 radical (unpaired) electrons. The van der Waals surface area contributed by atoms with Crippen molar-refractivity contribution in [2.45, 2.75) is 213 Å². The number of carbonyl (C=O) groups excluding carboxylic acids is 3. The second-order valence-electron chi connectivity index (χ2n) is 17.0. The van der Waals surface area contributed by atoms with Crippen LogP contribution < -0.4 is 0 Å². The molecule has 0 saturated carbocycles. The second-order valence-corrected chi connectivity index (χ2v) is 17.0. The molecule has 1 unspecified atom stereocenters. The number of hydrogen-bond acceptors (Lipinski definition) is 6. The lowest BCUT2D eigenvalue weighted by molar-refractivity contribution is -0.167. The van der Waals surface area contributed by atoms with Crippen LogP contribution in [0.5, 0.6) is 0 Å². The normalized spacial score (nSPS) is 13.3. The molecule has 0 rings (SSSR count). The summed E-state index contributed by atoms with van der Waals surface area (Å²) in [6.45, 7) is 6.26. The molecule has 6 heteroatoms. The molecule has 0 aliphatic rings. The summed E-state index contributed by atoms with van der Waals surface area (Å²) in [4.78, 5) is 37.8. The molecule has 0 heterocycles. The summed E-state index contributed by atoms with van der Waals surface area (Å²) in [6, 6.07) is 0. The van der Waals surface area contributed by atoms with Crippen LogP contribution in [0.4, 0.5) is 0 Å². The van der Waals surface area contributed by atoms with Gasteiger partial charge < -0.3 is 14.2 Å². The maximum absolute atomic E-state index is 12.7. The first-order valence-electron chi connectivity index (χ1n) is 26.8. The van der Waals surface area contributed by atoms with E-state index in [1.807, 2.05) is 0 Å². The monoisotopic (exact) mass is 937 g/mol. The van der Waals surface area contributed by atoms with Gasteiger partial charge in [-0.15, -0.1) is 0 Å². The van der Waals surface area contributed by atoms with Crippen molar-refractivity contribution in [3.05, 3.63) is 146 Å². The fraction of sp³-hybridized carbons (Fsp3) is 0.565. The molecule has 0 aliphatic heterocycles. The number of hydrogen-bond donors (Lipinski definition) is 0. The summed E-state index contributed by atoms with van der Waals surface area (Å²) in [6.07, 6.45) is 78.7. The number of esters is 3. The summed E-state index contributed by atoms with van der Waals surface area (Å²) in [5, 5.41) is 0.